The SMILES string of the molecule is Cc1cccc(-c2[c]cccc2Cl)c1. The second kappa shape index (κ2) is 3.85. The van der Waals surface area contributed by atoms with E-state index < -0.39 is 0 Å². The van der Waals surface area contributed by atoms with Crippen LogP contribution >= 0.6 is 11.6 Å². The zero-order valence-electron chi connectivity index (χ0n) is 7.92. The summed E-state index contributed by atoms with van der Waals surface area (Å²) in [4.78, 5) is 0. The molecular formula is C13H10Cl. The first-order valence-corrected chi connectivity index (χ1v) is 4.88. The van der Waals surface area contributed by atoms with Crippen molar-refractivity contribution in [1.29, 1.82) is 0 Å². The summed E-state index contributed by atoms with van der Waals surface area (Å²) < 4.78 is 0. The van der Waals surface area contributed by atoms with E-state index in [1.807, 2.05) is 30.3 Å². The predicted octanol–water partition coefficient (Wildman–Crippen LogP) is 4.12. The Morgan fingerprint density at radius 2 is 2.00 bits per heavy atom. The van der Waals surface area contributed by atoms with E-state index in [0.717, 1.165) is 16.1 Å². The van der Waals surface area contributed by atoms with E-state index in [1.54, 1.807) is 0 Å². The molecule has 1 radical (unpaired) electrons. The molecule has 0 heterocycles. The minimum atomic E-state index is 0.748. The number of benzene rings is 2. The van der Waals surface area contributed by atoms with E-state index in [4.69, 9.17) is 11.6 Å². The molecule has 0 atom stereocenters. The highest BCUT2D eigenvalue weighted by molar-refractivity contribution is 6.33. The molecule has 2 aromatic rings. The third kappa shape index (κ3) is 1.80. The molecule has 0 bridgehead atoms. The monoisotopic (exact) mass is 201 g/mol. The molecule has 2 rings (SSSR count). The summed E-state index contributed by atoms with van der Waals surface area (Å²) in [7, 11) is 0. The lowest BCUT2D eigenvalue weighted by molar-refractivity contribution is 1.46. The lowest BCUT2D eigenvalue weighted by Gasteiger charge is -2.04. The number of aryl methyl sites for hydroxylation is 1. The fourth-order valence-electron chi connectivity index (χ4n) is 1.44. The summed E-state index contributed by atoms with van der Waals surface area (Å²) in [5.41, 5.74) is 3.32. The van der Waals surface area contributed by atoms with Crippen molar-refractivity contribution in [3.05, 3.63) is 59.1 Å². The number of rotatable bonds is 1. The van der Waals surface area contributed by atoms with Crippen molar-refractivity contribution < 1.29 is 0 Å². The molecule has 69 valence electrons. The molecule has 0 spiro atoms. The maximum absolute atomic E-state index is 6.08. The Morgan fingerprint density at radius 1 is 1.14 bits per heavy atom. The van der Waals surface area contributed by atoms with Crippen molar-refractivity contribution in [3.63, 3.8) is 0 Å². The number of halogens is 1. The fraction of sp³-hybridized carbons (Fsp3) is 0.0769. The molecule has 14 heavy (non-hydrogen) atoms. The van der Waals surface area contributed by atoms with E-state index in [0.29, 0.717) is 0 Å². The van der Waals surface area contributed by atoms with E-state index >= 15 is 0 Å². The zero-order chi connectivity index (χ0) is 9.97. The van der Waals surface area contributed by atoms with Gasteiger partial charge in [-0.2, -0.15) is 0 Å². The van der Waals surface area contributed by atoms with Gasteiger partial charge < -0.3 is 0 Å². The van der Waals surface area contributed by atoms with E-state index in [9.17, 15) is 0 Å². The highest BCUT2D eigenvalue weighted by Gasteiger charge is 2.01. The Labute approximate surface area is 89.2 Å². The first-order chi connectivity index (χ1) is 6.77. The van der Waals surface area contributed by atoms with Crippen LogP contribution < -0.4 is 0 Å². The lowest BCUT2D eigenvalue weighted by atomic mass is 10.0. The molecule has 1 heteroatoms. The fourth-order valence-corrected chi connectivity index (χ4v) is 1.67. The molecule has 0 aliphatic carbocycles. The van der Waals surface area contributed by atoms with Crippen LogP contribution in [0.5, 0.6) is 0 Å². The Balaban J connectivity index is 2.55. The van der Waals surface area contributed by atoms with Gasteiger partial charge in [0.05, 0.1) is 0 Å². The minimum absolute atomic E-state index is 0.748. The Kier molecular flexibility index (Phi) is 2.55. The largest absolute Gasteiger partial charge is 0.0836 e. The Bertz CT molecular complexity index is 446. The second-order valence-electron chi connectivity index (χ2n) is 3.26. The first-order valence-electron chi connectivity index (χ1n) is 4.50. The van der Waals surface area contributed by atoms with E-state index in [1.165, 1.54) is 5.56 Å². The number of hydrogen-bond donors (Lipinski definition) is 0. The van der Waals surface area contributed by atoms with Crippen molar-refractivity contribution in [2.75, 3.05) is 0 Å². The maximum atomic E-state index is 6.08. The first kappa shape index (κ1) is 9.29. The summed E-state index contributed by atoms with van der Waals surface area (Å²) >= 11 is 6.08. The van der Waals surface area contributed by atoms with Gasteiger partial charge in [-0.15, -0.1) is 0 Å². The van der Waals surface area contributed by atoms with Crippen LogP contribution in [0.1, 0.15) is 5.56 Å². The number of hydrogen-bond acceptors (Lipinski definition) is 0. The van der Waals surface area contributed by atoms with Gasteiger partial charge in [0.15, 0.2) is 0 Å². The normalized spacial score (nSPS) is 10.1. The van der Waals surface area contributed by atoms with Gasteiger partial charge in [-0.3, -0.25) is 0 Å². The maximum Gasteiger partial charge on any atom is 0.0490 e. The van der Waals surface area contributed by atoms with E-state index in [2.05, 4.69) is 25.1 Å². The smallest absolute Gasteiger partial charge is 0.0490 e. The van der Waals surface area contributed by atoms with Crippen LogP contribution in [0.25, 0.3) is 11.1 Å². The van der Waals surface area contributed by atoms with Crippen LogP contribution in [0.2, 0.25) is 5.02 Å². The lowest BCUT2D eigenvalue weighted by Crippen LogP contribution is -1.80. The molecule has 0 fully saturated rings. The highest BCUT2D eigenvalue weighted by Crippen LogP contribution is 2.27. The van der Waals surface area contributed by atoms with Crippen LogP contribution in [-0.4, -0.2) is 0 Å². The molecule has 0 unspecified atom stereocenters. The van der Waals surface area contributed by atoms with Gasteiger partial charge in [0.2, 0.25) is 0 Å². The summed E-state index contributed by atoms with van der Waals surface area (Å²) in [5.74, 6) is 0. The average molecular weight is 202 g/mol. The molecule has 0 amide bonds. The molecule has 0 aliphatic heterocycles. The van der Waals surface area contributed by atoms with Crippen molar-refractivity contribution in [3.8, 4) is 11.1 Å². The van der Waals surface area contributed by atoms with Crippen molar-refractivity contribution >= 4 is 11.6 Å². The van der Waals surface area contributed by atoms with Gasteiger partial charge in [0.25, 0.3) is 0 Å². The third-order valence-corrected chi connectivity index (χ3v) is 2.43. The van der Waals surface area contributed by atoms with Gasteiger partial charge >= 0.3 is 0 Å². The topological polar surface area (TPSA) is 0 Å². The van der Waals surface area contributed by atoms with Crippen LogP contribution in [0.4, 0.5) is 0 Å². The molecule has 0 saturated heterocycles. The molecule has 0 aromatic heterocycles. The quantitative estimate of drug-likeness (QED) is 0.651. The van der Waals surface area contributed by atoms with Crippen LogP contribution in [0.3, 0.4) is 0 Å². The Morgan fingerprint density at radius 3 is 2.71 bits per heavy atom. The van der Waals surface area contributed by atoms with Crippen molar-refractivity contribution in [1.82, 2.24) is 0 Å². The zero-order valence-corrected chi connectivity index (χ0v) is 8.68. The van der Waals surface area contributed by atoms with Gasteiger partial charge in [0.1, 0.15) is 0 Å². The van der Waals surface area contributed by atoms with Gasteiger partial charge in [0, 0.05) is 10.6 Å². The van der Waals surface area contributed by atoms with Gasteiger partial charge in [-0.05, 0) is 24.6 Å². The second-order valence-corrected chi connectivity index (χ2v) is 3.67. The predicted molar refractivity (Wildman–Crippen MR) is 60.5 cm³/mol. The van der Waals surface area contributed by atoms with Crippen molar-refractivity contribution in [2.24, 2.45) is 0 Å². The average Bonchev–Trinajstić information content (AvgIpc) is 2.18. The molecule has 2 aromatic carbocycles. The molecule has 0 aliphatic rings. The minimum Gasteiger partial charge on any atom is -0.0836 e. The Hall–Kier alpha value is -1.27. The molecule has 0 nitrogen and oxygen atoms in total. The van der Waals surface area contributed by atoms with E-state index in [-0.39, 0.29) is 0 Å². The summed E-state index contributed by atoms with van der Waals surface area (Å²) in [6.45, 7) is 2.07. The summed E-state index contributed by atoms with van der Waals surface area (Å²) in [5, 5.41) is 0.748. The van der Waals surface area contributed by atoms with Crippen LogP contribution in [-0.2, 0) is 0 Å². The standard InChI is InChI=1S/C13H10Cl/c1-10-5-4-6-11(9-10)12-7-2-3-8-13(12)14/h2-6,8-9H,1H3. The van der Waals surface area contributed by atoms with Gasteiger partial charge in [-0.1, -0.05) is 53.6 Å². The molecular weight excluding hydrogens is 192 g/mol. The van der Waals surface area contributed by atoms with Crippen molar-refractivity contribution in [2.45, 2.75) is 6.92 Å². The highest BCUT2D eigenvalue weighted by atomic mass is 35.5. The van der Waals surface area contributed by atoms with Crippen LogP contribution in [0.15, 0.2) is 42.5 Å². The van der Waals surface area contributed by atoms with Crippen LogP contribution in [0, 0.1) is 13.0 Å². The van der Waals surface area contributed by atoms with Gasteiger partial charge in [-0.25, -0.2) is 0 Å². The summed E-state index contributed by atoms with van der Waals surface area (Å²) in [6, 6.07) is 17.1. The third-order valence-electron chi connectivity index (χ3n) is 2.11. The molecule has 0 N–H and O–H groups in total. The summed E-state index contributed by atoms with van der Waals surface area (Å²) in [6.07, 6.45) is 0. The molecule has 0 saturated carbocycles.